The molecule has 0 radical (unpaired) electrons. The summed E-state index contributed by atoms with van der Waals surface area (Å²) in [6, 6.07) is 8.60. The first-order valence-corrected chi connectivity index (χ1v) is 3.75. The highest BCUT2D eigenvalue weighted by molar-refractivity contribution is 5.93. The lowest BCUT2D eigenvalue weighted by Crippen LogP contribution is -2.24. The topological polar surface area (TPSA) is 55.4 Å². The third kappa shape index (κ3) is 3.04. The molecule has 68 valence electrons. The van der Waals surface area contributed by atoms with E-state index in [-0.39, 0.29) is 12.5 Å². The Morgan fingerprint density at radius 1 is 1.38 bits per heavy atom. The van der Waals surface area contributed by atoms with Gasteiger partial charge in [-0.2, -0.15) is 0 Å². The standard InChI is InChI=1S/C9H9NO3/c11-6-7-13-10-9(12)8-4-2-1-3-5-8/h1-6H,7H2,(H,10,12). The molecule has 1 amide bonds. The molecule has 0 saturated carbocycles. The molecular formula is C9H9NO3. The zero-order chi connectivity index (χ0) is 9.52. The molecule has 0 aromatic heterocycles. The summed E-state index contributed by atoms with van der Waals surface area (Å²) in [6.45, 7) is -0.140. The number of nitrogens with one attached hydrogen (secondary N) is 1. The van der Waals surface area contributed by atoms with Crippen molar-refractivity contribution in [3.63, 3.8) is 0 Å². The van der Waals surface area contributed by atoms with Crippen molar-refractivity contribution in [3.8, 4) is 0 Å². The third-order valence-electron chi connectivity index (χ3n) is 1.35. The molecule has 0 unspecified atom stereocenters. The number of hydroxylamine groups is 1. The van der Waals surface area contributed by atoms with Crippen LogP contribution in [0.2, 0.25) is 0 Å². The molecular weight excluding hydrogens is 170 g/mol. The van der Waals surface area contributed by atoms with Crippen LogP contribution in [0.25, 0.3) is 0 Å². The lowest BCUT2D eigenvalue weighted by Gasteiger charge is -2.01. The zero-order valence-corrected chi connectivity index (χ0v) is 6.90. The highest BCUT2D eigenvalue weighted by Gasteiger charge is 2.02. The summed E-state index contributed by atoms with van der Waals surface area (Å²) in [7, 11) is 0. The highest BCUT2D eigenvalue weighted by Crippen LogP contribution is 1.97. The third-order valence-corrected chi connectivity index (χ3v) is 1.35. The van der Waals surface area contributed by atoms with Gasteiger partial charge in [0.05, 0.1) is 0 Å². The fourth-order valence-electron chi connectivity index (χ4n) is 0.790. The molecule has 0 aliphatic heterocycles. The summed E-state index contributed by atoms with van der Waals surface area (Å²) in [4.78, 5) is 25.5. The number of hydrogen-bond acceptors (Lipinski definition) is 3. The predicted molar refractivity (Wildman–Crippen MR) is 45.9 cm³/mol. The average Bonchev–Trinajstić information content (AvgIpc) is 2.19. The summed E-state index contributed by atoms with van der Waals surface area (Å²) in [5.41, 5.74) is 2.62. The molecule has 4 heteroatoms. The Morgan fingerprint density at radius 2 is 2.08 bits per heavy atom. The van der Waals surface area contributed by atoms with Gasteiger partial charge in [-0.3, -0.25) is 9.63 Å². The quantitative estimate of drug-likeness (QED) is 0.417. The number of hydrogen-bond donors (Lipinski definition) is 1. The van der Waals surface area contributed by atoms with Crippen molar-refractivity contribution >= 4 is 12.2 Å². The largest absolute Gasteiger partial charge is 0.301 e. The first-order valence-electron chi connectivity index (χ1n) is 3.75. The van der Waals surface area contributed by atoms with Crippen molar-refractivity contribution in [1.29, 1.82) is 0 Å². The van der Waals surface area contributed by atoms with Crippen LogP contribution in [0.4, 0.5) is 0 Å². The molecule has 0 atom stereocenters. The van der Waals surface area contributed by atoms with Gasteiger partial charge in [0, 0.05) is 5.56 Å². The zero-order valence-electron chi connectivity index (χ0n) is 6.90. The monoisotopic (exact) mass is 179 g/mol. The van der Waals surface area contributed by atoms with Gasteiger partial charge in [0.1, 0.15) is 12.9 Å². The number of aldehydes is 1. The Kier molecular flexibility index (Phi) is 3.66. The molecule has 0 fully saturated rings. The molecule has 0 aliphatic carbocycles. The van der Waals surface area contributed by atoms with E-state index >= 15 is 0 Å². The van der Waals surface area contributed by atoms with E-state index in [9.17, 15) is 9.59 Å². The van der Waals surface area contributed by atoms with Gasteiger partial charge in [0.25, 0.3) is 5.91 Å². The summed E-state index contributed by atoms with van der Waals surface area (Å²) in [5.74, 6) is -0.359. The van der Waals surface area contributed by atoms with Crippen LogP contribution in [-0.2, 0) is 9.63 Å². The molecule has 0 bridgehead atoms. The van der Waals surface area contributed by atoms with Gasteiger partial charge in [-0.15, -0.1) is 0 Å². The van der Waals surface area contributed by atoms with E-state index < -0.39 is 0 Å². The van der Waals surface area contributed by atoms with E-state index in [1.807, 2.05) is 6.07 Å². The molecule has 1 N–H and O–H groups in total. The van der Waals surface area contributed by atoms with Crippen LogP contribution in [0, 0.1) is 0 Å². The molecule has 0 heterocycles. The second-order valence-electron chi connectivity index (χ2n) is 2.27. The number of rotatable bonds is 4. The van der Waals surface area contributed by atoms with Crippen LogP contribution in [0.1, 0.15) is 10.4 Å². The van der Waals surface area contributed by atoms with Crippen LogP contribution >= 0.6 is 0 Å². The maximum Gasteiger partial charge on any atom is 0.274 e. The Morgan fingerprint density at radius 3 is 2.69 bits per heavy atom. The normalized spacial score (nSPS) is 9.23. The minimum Gasteiger partial charge on any atom is -0.301 e. The Hall–Kier alpha value is -1.68. The van der Waals surface area contributed by atoms with Gasteiger partial charge in [0.15, 0.2) is 0 Å². The van der Waals surface area contributed by atoms with Crippen molar-refractivity contribution in [3.05, 3.63) is 35.9 Å². The lowest BCUT2D eigenvalue weighted by atomic mass is 10.2. The van der Waals surface area contributed by atoms with Gasteiger partial charge >= 0.3 is 0 Å². The Labute approximate surface area is 75.5 Å². The van der Waals surface area contributed by atoms with Crippen molar-refractivity contribution in [2.24, 2.45) is 0 Å². The van der Waals surface area contributed by atoms with E-state index in [4.69, 9.17) is 0 Å². The molecule has 1 rings (SSSR count). The first-order chi connectivity index (χ1) is 6.34. The van der Waals surface area contributed by atoms with Crippen LogP contribution < -0.4 is 5.48 Å². The van der Waals surface area contributed by atoms with E-state index in [1.54, 1.807) is 24.3 Å². The van der Waals surface area contributed by atoms with Crippen molar-refractivity contribution in [2.75, 3.05) is 6.61 Å². The Bertz CT molecular complexity index is 284. The maximum atomic E-state index is 11.2. The number of carbonyl (C=O) groups excluding carboxylic acids is 2. The van der Waals surface area contributed by atoms with Gasteiger partial charge < -0.3 is 4.79 Å². The first kappa shape index (κ1) is 9.41. The second-order valence-corrected chi connectivity index (χ2v) is 2.27. The smallest absolute Gasteiger partial charge is 0.274 e. The van der Waals surface area contributed by atoms with Crippen LogP contribution in [-0.4, -0.2) is 18.8 Å². The number of amides is 1. The lowest BCUT2D eigenvalue weighted by molar-refractivity contribution is -0.113. The average molecular weight is 179 g/mol. The SMILES string of the molecule is O=CCONC(=O)c1ccccc1. The second kappa shape index (κ2) is 5.05. The van der Waals surface area contributed by atoms with Gasteiger partial charge in [-0.25, -0.2) is 5.48 Å². The molecule has 13 heavy (non-hydrogen) atoms. The van der Waals surface area contributed by atoms with Crippen molar-refractivity contribution in [1.82, 2.24) is 5.48 Å². The van der Waals surface area contributed by atoms with Gasteiger partial charge in [0.2, 0.25) is 0 Å². The molecule has 4 nitrogen and oxygen atoms in total. The van der Waals surface area contributed by atoms with E-state index in [0.29, 0.717) is 11.8 Å². The Balaban J connectivity index is 2.45. The fraction of sp³-hybridized carbons (Fsp3) is 0.111. The molecule has 0 saturated heterocycles. The van der Waals surface area contributed by atoms with Crippen LogP contribution in [0.15, 0.2) is 30.3 Å². The van der Waals surface area contributed by atoms with Crippen molar-refractivity contribution < 1.29 is 14.4 Å². The molecule has 1 aromatic rings. The number of benzene rings is 1. The maximum absolute atomic E-state index is 11.2. The van der Waals surface area contributed by atoms with Crippen molar-refractivity contribution in [2.45, 2.75) is 0 Å². The minimum absolute atomic E-state index is 0.140. The van der Waals surface area contributed by atoms with E-state index in [2.05, 4.69) is 10.3 Å². The fourth-order valence-corrected chi connectivity index (χ4v) is 0.790. The van der Waals surface area contributed by atoms with E-state index in [0.717, 1.165) is 0 Å². The summed E-state index contributed by atoms with van der Waals surface area (Å²) >= 11 is 0. The summed E-state index contributed by atoms with van der Waals surface area (Å²) in [5, 5.41) is 0. The van der Waals surface area contributed by atoms with Crippen LogP contribution in [0.3, 0.4) is 0 Å². The molecule has 0 spiro atoms. The minimum atomic E-state index is -0.359. The molecule has 0 aliphatic rings. The van der Waals surface area contributed by atoms with Crippen LogP contribution in [0.5, 0.6) is 0 Å². The summed E-state index contributed by atoms with van der Waals surface area (Å²) in [6.07, 6.45) is 0.561. The van der Waals surface area contributed by atoms with E-state index in [1.165, 1.54) is 0 Å². The highest BCUT2D eigenvalue weighted by atomic mass is 16.7. The molecule has 1 aromatic carbocycles. The van der Waals surface area contributed by atoms with Gasteiger partial charge in [-0.1, -0.05) is 18.2 Å². The van der Waals surface area contributed by atoms with Gasteiger partial charge in [-0.05, 0) is 12.1 Å². The number of carbonyl (C=O) groups is 2. The summed E-state index contributed by atoms with van der Waals surface area (Å²) < 4.78 is 0. The predicted octanol–water partition coefficient (Wildman–Crippen LogP) is 0.547.